The number of benzene rings is 1. The molecule has 1 fully saturated rings. The molecule has 0 unspecified atom stereocenters. The fraction of sp³-hybridized carbons (Fsp3) is 0.500. The predicted octanol–water partition coefficient (Wildman–Crippen LogP) is 1.52. The van der Waals surface area contributed by atoms with Crippen molar-refractivity contribution in [1.29, 1.82) is 0 Å². The first-order valence-electron chi connectivity index (χ1n) is 5.25. The van der Waals surface area contributed by atoms with Crippen LogP contribution in [0.4, 0.5) is 0 Å². The summed E-state index contributed by atoms with van der Waals surface area (Å²) in [5, 5.41) is 9.51. The van der Waals surface area contributed by atoms with E-state index in [0.717, 1.165) is 5.75 Å². The molecule has 1 saturated heterocycles. The summed E-state index contributed by atoms with van der Waals surface area (Å²) < 4.78 is 10.9. The van der Waals surface area contributed by atoms with Crippen molar-refractivity contribution in [3.63, 3.8) is 0 Å². The SMILES string of the molecule is Cc1ccc(OC[C@H]2OCC[C@H]2O)cc1. The minimum absolute atomic E-state index is 0.175. The van der Waals surface area contributed by atoms with E-state index < -0.39 is 0 Å². The Hall–Kier alpha value is -1.06. The summed E-state index contributed by atoms with van der Waals surface area (Å²) in [5.41, 5.74) is 1.21. The lowest BCUT2D eigenvalue weighted by Gasteiger charge is -2.14. The van der Waals surface area contributed by atoms with E-state index in [9.17, 15) is 5.11 Å². The highest BCUT2D eigenvalue weighted by Gasteiger charge is 2.26. The topological polar surface area (TPSA) is 38.7 Å². The zero-order valence-electron chi connectivity index (χ0n) is 8.85. The van der Waals surface area contributed by atoms with Crippen molar-refractivity contribution in [2.75, 3.05) is 13.2 Å². The summed E-state index contributed by atoms with van der Waals surface area (Å²) >= 11 is 0. The maximum atomic E-state index is 9.51. The number of ether oxygens (including phenoxy) is 2. The summed E-state index contributed by atoms with van der Waals surface area (Å²) in [6.07, 6.45) is 0.156. The summed E-state index contributed by atoms with van der Waals surface area (Å²) in [4.78, 5) is 0. The molecule has 1 N–H and O–H groups in total. The van der Waals surface area contributed by atoms with Gasteiger partial charge in [0.1, 0.15) is 18.5 Å². The van der Waals surface area contributed by atoms with E-state index in [0.29, 0.717) is 19.6 Å². The molecule has 0 aromatic heterocycles. The highest BCUT2D eigenvalue weighted by Crippen LogP contribution is 2.16. The number of hydrogen-bond donors (Lipinski definition) is 1. The van der Waals surface area contributed by atoms with Gasteiger partial charge in [-0.3, -0.25) is 0 Å². The van der Waals surface area contributed by atoms with Gasteiger partial charge < -0.3 is 14.6 Å². The van der Waals surface area contributed by atoms with E-state index in [4.69, 9.17) is 9.47 Å². The van der Waals surface area contributed by atoms with Gasteiger partial charge >= 0.3 is 0 Å². The molecule has 0 spiro atoms. The molecule has 0 aliphatic carbocycles. The number of aliphatic hydroxyl groups is 1. The second-order valence-electron chi connectivity index (χ2n) is 3.89. The normalized spacial score (nSPS) is 25.5. The third-order valence-electron chi connectivity index (χ3n) is 2.61. The Balaban J connectivity index is 1.85. The molecule has 1 aliphatic heterocycles. The van der Waals surface area contributed by atoms with E-state index in [1.807, 2.05) is 31.2 Å². The molecular weight excluding hydrogens is 192 g/mol. The fourth-order valence-electron chi connectivity index (χ4n) is 1.61. The second-order valence-corrected chi connectivity index (χ2v) is 3.89. The highest BCUT2D eigenvalue weighted by molar-refractivity contribution is 5.26. The third kappa shape index (κ3) is 2.70. The molecule has 1 aromatic carbocycles. The van der Waals surface area contributed by atoms with Crippen LogP contribution in [-0.2, 0) is 4.74 Å². The molecule has 0 saturated carbocycles. The molecule has 1 aromatic rings. The molecule has 1 heterocycles. The lowest BCUT2D eigenvalue weighted by atomic mass is 10.2. The first kappa shape index (κ1) is 10.5. The summed E-state index contributed by atoms with van der Waals surface area (Å²) in [6.45, 7) is 3.08. The maximum Gasteiger partial charge on any atom is 0.119 e. The quantitative estimate of drug-likeness (QED) is 0.818. The Kier molecular flexibility index (Phi) is 3.23. The third-order valence-corrected chi connectivity index (χ3v) is 2.61. The van der Waals surface area contributed by atoms with Crippen molar-refractivity contribution < 1.29 is 14.6 Å². The Morgan fingerprint density at radius 1 is 1.40 bits per heavy atom. The Labute approximate surface area is 89.6 Å². The molecule has 3 heteroatoms. The van der Waals surface area contributed by atoms with Crippen molar-refractivity contribution in [2.45, 2.75) is 25.6 Å². The van der Waals surface area contributed by atoms with Crippen molar-refractivity contribution in [2.24, 2.45) is 0 Å². The van der Waals surface area contributed by atoms with Gasteiger partial charge in [0.25, 0.3) is 0 Å². The van der Waals surface area contributed by atoms with Gasteiger partial charge in [-0.1, -0.05) is 17.7 Å². The first-order chi connectivity index (χ1) is 7.25. The Morgan fingerprint density at radius 3 is 2.73 bits per heavy atom. The van der Waals surface area contributed by atoms with Gasteiger partial charge in [0.05, 0.1) is 6.10 Å². The van der Waals surface area contributed by atoms with Crippen molar-refractivity contribution >= 4 is 0 Å². The molecule has 3 nitrogen and oxygen atoms in total. The van der Waals surface area contributed by atoms with Crippen molar-refractivity contribution in [3.05, 3.63) is 29.8 Å². The standard InChI is InChI=1S/C12H16O3/c1-9-2-4-10(5-3-9)15-8-12-11(13)6-7-14-12/h2-5,11-13H,6-8H2,1H3/t11-,12-/m1/s1. The summed E-state index contributed by atoms with van der Waals surface area (Å²) in [6, 6.07) is 7.86. The summed E-state index contributed by atoms with van der Waals surface area (Å²) in [5.74, 6) is 0.823. The van der Waals surface area contributed by atoms with Crippen LogP contribution in [0.2, 0.25) is 0 Å². The van der Waals surface area contributed by atoms with Crippen LogP contribution in [0.15, 0.2) is 24.3 Å². The highest BCUT2D eigenvalue weighted by atomic mass is 16.5. The average molecular weight is 208 g/mol. The molecular formula is C12H16O3. The first-order valence-corrected chi connectivity index (χ1v) is 5.25. The predicted molar refractivity (Wildman–Crippen MR) is 57.0 cm³/mol. The number of aliphatic hydroxyl groups excluding tert-OH is 1. The van der Waals surface area contributed by atoms with Crippen molar-refractivity contribution in [3.8, 4) is 5.75 Å². The molecule has 0 bridgehead atoms. The Morgan fingerprint density at radius 2 is 2.13 bits per heavy atom. The molecule has 0 radical (unpaired) electrons. The largest absolute Gasteiger partial charge is 0.491 e. The maximum absolute atomic E-state index is 9.51. The second kappa shape index (κ2) is 4.64. The average Bonchev–Trinajstić information content (AvgIpc) is 2.63. The lowest BCUT2D eigenvalue weighted by molar-refractivity contribution is 0.0109. The van der Waals surface area contributed by atoms with Gasteiger partial charge in [-0.2, -0.15) is 0 Å². The van der Waals surface area contributed by atoms with E-state index in [-0.39, 0.29) is 12.2 Å². The molecule has 2 rings (SSSR count). The number of hydrogen-bond acceptors (Lipinski definition) is 3. The van der Waals surface area contributed by atoms with Crippen LogP contribution in [0.25, 0.3) is 0 Å². The molecule has 2 atom stereocenters. The van der Waals surface area contributed by atoms with Gasteiger partial charge in [-0.05, 0) is 25.5 Å². The smallest absolute Gasteiger partial charge is 0.119 e. The van der Waals surface area contributed by atoms with Crippen LogP contribution in [-0.4, -0.2) is 30.5 Å². The number of aryl methyl sites for hydroxylation is 1. The number of rotatable bonds is 3. The van der Waals surface area contributed by atoms with E-state index >= 15 is 0 Å². The van der Waals surface area contributed by atoms with Gasteiger partial charge in [0.2, 0.25) is 0 Å². The van der Waals surface area contributed by atoms with Crippen LogP contribution < -0.4 is 4.74 Å². The molecule has 15 heavy (non-hydrogen) atoms. The minimum Gasteiger partial charge on any atom is -0.491 e. The minimum atomic E-state index is -0.379. The molecule has 1 aliphatic rings. The van der Waals surface area contributed by atoms with E-state index in [1.54, 1.807) is 0 Å². The zero-order chi connectivity index (χ0) is 10.7. The Bertz CT molecular complexity index is 307. The van der Waals surface area contributed by atoms with Gasteiger partial charge in [0.15, 0.2) is 0 Å². The molecule has 82 valence electrons. The van der Waals surface area contributed by atoms with E-state index in [1.165, 1.54) is 5.56 Å². The van der Waals surface area contributed by atoms with Crippen molar-refractivity contribution in [1.82, 2.24) is 0 Å². The monoisotopic (exact) mass is 208 g/mol. The van der Waals surface area contributed by atoms with E-state index in [2.05, 4.69) is 0 Å². The van der Waals surface area contributed by atoms with Gasteiger partial charge in [-0.15, -0.1) is 0 Å². The van der Waals surface area contributed by atoms with Crippen LogP contribution in [0.3, 0.4) is 0 Å². The fourth-order valence-corrected chi connectivity index (χ4v) is 1.61. The van der Waals surface area contributed by atoms with Crippen LogP contribution in [0.1, 0.15) is 12.0 Å². The van der Waals surface area contributed by atoms with Crippen LogP contribution in [0.5, 0.6) is 5.75 Å². The van der Waals surface area contributed by atoms with Crippen LogP contribution >= 0.6 is 0 Å². The lowest BCUT2D eigenvalue weighted by Crippen LogP contribution is -2.27. The zero-order valence-corrected chi connectivity index (χ0v) is 8.85. The molecule has 0 amide bonds. The van der Waals surface area contributed by atoms with Gasteiger partial charge in [0, 0.05) is 6.61 Å². The van der Waals surface area contributed by atoms with Gasteiger partial charge in [-0.25, -0.2) is 0 Å². The summed E-state index contributed by atoms with van der Waals surface area (Å²) in [7, 11) is 0. The van der Waals surface area contributed by atoms with Crippen LogP contribution in [0, 0.1) is 6.92 Å².